The Kier molecular flexibility index (Phi) is 6.88. The van der Waals surface area contributed by atoms with Crippen LogP contribution in [0.2, 0.25) is 0 Å². The van der Waals surface area contributed by atoms with Crippen molar-refractivity contribution in [2.75, 3.05) is 19.5 Å². The molecule has 20 heavy (non-hydrogen) atoms. The topological polar surface area (TPSA) is 21.1 Å². The van der Waals surface area contributed by atoms with Crippen molar-refractivity contribution in [3.05, 3.63) is 18.0 Å². The minimum atomic E-state index is 0.645. The van der Waals surface area contributed by atoms with Crippen molar-refractivity contribution in [3.8, 4) is 0 Å². The van der Waals surface area contributed by atoms with Gasteiger partial charge in [0.1, 0.15) is 0 Å². The highest BCUT2D eigenvalue weighted by molar-refractivity contribution is 6.17. The summed E-state index contributed by atoms with van der Waals surface area (Å²) in [6.07, 6.45) is 12.5. The van der Waals surface area contributed by atoms with E-state index >= 15 is 0 Å². The summed E-state index contributed by atoms with van der Waals surface area (Å²) in [5, 5.41) is 4.77. The van der Waals surface area contributed by atoms with Crippen molar-refractivity contribution in [1.82, 2.24) is 14.7 Å². The van der Waals surface area contributed by atoms with Crippen molar-refractivity contribution < 1.29 is 0 Å². The Morgan fingerprint density at radius 3 is 2.80 bits per heavy atom. The average Bonchev–Trinajstić information content (AvgIpc) is 2.93. The fourth-order valence-corrected chi connectivity index (χ4v) is 3.21. The van der Waals surface area contributed by atoms with E-state index in [-0.39, 0.29) is 0 Å². The minimum Gasteiger partial charge on any atom is -0.300 e. The molecule has 1 fully saturated rings. The van der Waals surface area contributed by atoms with Gasteiger partial charge in [-0.25, -0.2) is 0 Å². The van der Waals surface area contributed by atoms with Crippen LogP contribution < -0.4 is 0 Å². The zero-order valence-electron chi connectivity index (χ0n) is 12.7. The van der Waals surface area contributed by atoms with Gasteiger partial charge < -0.3 is 4.90 Å². The van der Waals surface area contributed by atoms with E-state index in [0.717, 1.165) is 25.4 Å². The molecule has 0 atom stereocenters. The molecule has 1 aliphatic carbocycles. The molecule has 1 saturated carbocycles. The summed E-state index contributed by atoms with van der Waals surface area (Å²) in [7, 11) is 2.18. The third kappa shape index (κ3) is 5.10. The molecule has 3 nitrogen and oxygen atoms in total. The highest BCUT2D eigenvalue weighted by Crippen LogP contribution is 2.27. The molecule has 4 heteroatoms. The average molecular weight is 298 g/mol. The van der Waals surface area contributed by atoms with Crippen molar-refractivity contribution in [3.63, 3.8) is 0 Å². The Morgan fingerprint density at radius 1 is 1.25 bits per heavy atom. The van der Waals surface area contributed by atoms with E-state index in [1.807, 2.05) is 0 Å². The first-order valence-electron chi connectivity index (χ1n) is 8.08. The molecule has 114 valence electrons. The molecule has 0 unspecified atom stereocenters. The highest BCUT2D eigenvalue weighted by atomic mass is 35.5. The lowest BCUT2D eigenvalue weighted by Gasteiger charge is -2.22. The molecule has 1 heterocycles. The molecule has 0 amide bonds. The fourth-order valence-electron chi connectivity index (χ4n) is 3.02. The summed E-state index contributed by atoms with van der Waals surface area (Å²) in [4.78, 5) is 2.36. The maximum absolute atomic E-state index is 5.70. The number of halogens is 1. The van der Waals surface area contributed by atoms with Gasteiger partial charge in [0, 0.05) is 18.6 Å². The second-order valence-corrected chi connectivity index (χ2v) is 6.44. The van der Waals surface area contributed by atoms with Gasteiger partial charge in [-0.2, -0.15) is 5.10 Å². The van der Waals surface area contributed by atoms with Crippen LogP contribution in [0.4, 0.5) is 0 Å². The first-order valence-corrected chi connectivity index (χ1v) is 8.61. The Hall–Kier alpha value is -0.540. The predicted molar refractivity (Wildman–Crippen MR) is 85.3 cm³/mol. The lowest BCUT2D eigenvalue weighted by atomic mass is 9.96. The molecular formula is C16H28ClN3. The van der Waals surface area contributed by atoms with Crippen LogP contribution in [0.5, 0.6) is 0 Å². The Balaban J connectivity index is 1.74. The Morgan fingerprint density at radius 2 is 2.05 bits per heavy atom. The number of hydrogen-bond donors (Lipinski definition) is 0. The van der Waals surface area contributed by atoms with E-state index < -0.39 is 0 Å². The van der Waals surface area contributed by atoms with E-state index in [9.17, 15) is 0 Å². The summed E-state index contributed by atoms with van der Waals surface area (Å²) in [6.45, 7) is 2.09. The molecule has 0 aliphatic heterocycles. The van der Waals surface area contributed by atoms with Gasteiger partial charge in [0.15, 0.2) is 0 Å². The minimum absolute atomic E-state index is 0.645. The zero-order valence-corrected chi connectivity index (χ0v) is 13.5. The summed E-state index contributed by atoms with van der Waals surface area (Å²) in [5.74, 6) is 0.787. The normalized spacial score (nSPS) is 16.9. The van der Waals surface area contributed by atoms with E-state index in [2.05, 4.69) is 28.9 Å². The van der Waals surface area contributed by atoms with Gasteiger partial charge in [-0.3, -0.25) is 4.68 Å². The van der Waals surface area contributed by atoms with Crippen LogP contribution in [0.25, 0.3) is 0 Å². The molecule has 2 rings (SSSR count). The quantitative estimate of drug-likeness (QED) is 0.529. The number of unbranched alkanes of at least 4 members (excludes halogenated alkanes) is 2. The van der Waals surface area contributed by atoms with Gasteiger partial charge in [-0.15, -0.1) is 11.6 Å². The second kappa shape index (κ2) is 8.68. The smallest absolute Gasteiger partial charge is 0.0764 e. The Labute approximate surface area is 128 Å². The SMILES string of the molecule is CN(CCCCCCl)Cc1ccn(C2CCCCC2)n1. The van der Waals surface area contributed by atoms with Crippen LogP contribution in [0.1, 0.15) is 63.1 Å². The number of rotatable bonds is 8. The van der Waals surface area contributed by atoms with E-state index in [1.54, 1.807) is 0 Å². The first kappa shape index (κ1) is 15.8. The van der Waals surface area contributed by atoms with Crippen molar-refractivity contribution in [1.29, 1.82) is 0 Å². The van der Waals surface area contributed by atoms with Gasteiger partial charge in [-0.05, 0) is 45.3 Å². The molecule has 0 aromatic carbocycles. The van der Waals surface area contributed by atoms with E-state index in [4.69, 9.17) is 16.7 Å². The van der Waals surface area contributed by atoms with Gasteiger partial charge in [0.25, 0.3) is 0 Å². The molecule has 1 aromatic heterocycles. The third-order valence-corrected chi connectivity index (χ3v) is 4.49. The number of nitrogens with zero attached hydrogens (tertiary/aromatic N) is 3. The largest absolute Gasteiger partial charge is 0.300 e. The van der Waals surface area contributed by atoms with Crippen LogP contribution in [-0.2, 0) is 6.54 Å². The van der Waals surface area contributed by atoms with Gasteiger partial charge in [-0.1, -0.05) is 25.7 Å². The van der Waals surface area contributed by atoms with Crippen molar-refractivity contribution >= 4 is 11.6 Å². The lowest BCUT2D eigenvalue weighted by Crippen LogP contribution is -2.20. The van der Waals surface area contributed by atoms with Crippen LogP contribution >= 0.6 is 11.6 Å². The number of hydrogen-bond acceptors (Lipinski definition) is 2. The van der Waals surface area contributed by atoms with Crippen LogP contribution in [-0.4, -0.2) is 34.2 Å². The van der Waals surface area contributed by atoms with Gasteiger partial charge in [0.05, 0.1) is 11.7 Å². The van der Waals surface area contributed by atoms with Crippen molar-refractivity contribution in [2.24, 2.45) is 0 Å². The van der Waals surface area contributed by atoms with Crippen LogP contribution in [0.15, 0.2) is 12.3 Å². The molecular weight excluding hydrogens is 270 g/mol. The van der Waals surface area contributed by atoms with Gasteiger partial charge in [0.2, 0.25) is 0 Å². The monoisotopic (exact) mass is 297 g/mol. The molecule has 0 spiro atoms. The maximum Gasteiger partial charge on any atom is 0.0764 e. The summed E-state index contributed by atoms with van der Waals surface area (Å²) in [6, 6.07) is 2.83. The lowest BCUT2D eigenvalue weighted by molar-refractivity contribution is 0.303. The summed E-state index contributed by atoms with van der Waals surface area (Å²) in [5.41, 5.74) is 1.20. The molecule has 0 radical (unpaired) electrons. The van der Waals surface area contributed by atoms with E-state index in [1.165, 1.54) is 50.6 Å². The summed E-state index contributed by atoms with van der Waals surface area (Å²) >= 11 is 5.70. The fraction of sp³-hybridized carbons (Fsp3) is 0.812. The summed E-state index contributed by atoms with van der Waals surface area (Å²) < 4.78 is 2.20. The predicted octanol–water partition coefficient (Wildman–Crippen LogP) is 4.23. The molecule has 1 aliphatic rings. The zero-order chi connectivity index (χ0) is 14.2. The number of aromatic nitrogens is 2. The number of alkyl halides is 1. The second-order valence-electron chi connectivity index (χ2n) is 6.07. The standard InChI is InChI=1S/C16H28ClN3/c1-19(12-7-3-6-11-17)14-15-10-13-20(18-15)16-8-4-2-5-9-16/h10,13,16H,2-9,11-12,14H2,1H3. The first-order chi connectivity index (χ1) is 9.79. The van der Waals surface area contributed by atoms with Crippen LogP contribution in [0.3, 0.4) is 0 Å². The van der Waals surface area contributed by atoms with Crippen LogP contribution in [0, 0.1) is 0 Å². The highest BCUT2D eigenvalue weighted by Gasteiger charge is 2.16. The molecule has 0 bridgehead atoms. The maximum atomic E-state index is 5.70. The third-order valence-electron chi connectivity index (χ3n) is 4.22. The molecule has 0 saturated heterocycles. The molecule has 1 aromatic rings. The van der Waals surface area contributed by atoms with Crippen molar-refractivity contribution in [2.45, 2.75) is 64.0 Å². The van der Waals surface area contributed by atoms with E-state index in [0.29, 0.717) is 6.04 Å². The van der Waals surface area contributed by atoms with Gasteiger partial charge >= 0.3 is 0 Å². The molecule has 0 N–H and O–H groups in total. The Bertz CT molecular complexity index is 372.